The van der Waals surface area contributed by atoms with Crippen LogP contribution >= 0.6 is 11.8 Å². The molecule has 1 aliphatic rings. The Morgan fingerprint density at radius 2 is 1.91 bits per heavy atom. The van der Waals surface area contributed by atoms with E-state index < -0.39 is 16.4 Å². The van der Waals surface area contributed by atoms with Gasteiger partial charge in [0, 0.05) is 5.56 Å². The zero-order valence-electron chi connectivity index (χ0n) is 14.1. The first kappa shape index (κ1) is 17.9. The van der Waals surface area contributed by atoms with Crippen molar-refractivity contribution >= 4 is 22.8 Å². The lowest BCUT2D eigenvalue weighted by Crippen LogP contribution is -2.56. The number of benzene rings is 1. The molecule has 1 amide bonds. The number of carbonyl (C=O) groups is 1. The Labute approximate surface area is 140 Å². The minimum atomic E-state index is -1.21. The molecule has 2 N–H and O–H groups in total. The van der Waals surface area contributed by atoms with Gasteiger partial charge in [-0.3, -0.25) is 9.79 Å². The lowest BCUT2D eigenvalue weighted by atomic mass is 9.80. The van der Waals surface area contributed by atoms with Gasteiger partial charge in [0.1, 0.15) is 10.6 Å². The van der Waals surface area contributed by atoms with Crippen LogP contribution in [0.25, 0.3) is 0 Å². The van der Waals surface area contributed by atoms with Gasteiger partial charge in [0.2, 0.25) is 5.91 Å². The number of amidine groups is 1. The third-order valence-electron chi connectivity index (χ3n) is 4.20. The molecule has 0 bridgehead atoms. The zero-order chi connectivity index (χ0) is 17.4. The molecule has 0 spiro atoms. The highest BCUT2D eigenvalue weighted by atomic mass is 32.2. The van der Waals surface area contributed by atoms with Crippen LogP contribution in [0.5, 0.6) is 0 Å². The first-order chi connectivity index (χ1) is 10.6. The minimum Gasteiger partial charge on any atom is -0.388 e. The van der Waals surface area contributed by atoms with Crippen LogP contribution in [0.2, 0.25) is 0 Å². The maximum Gasteiger partial charge on any atom is 0.245 e. The Kier molecular flexibility index (Phi) is 4.87. The van der Waals surface area contributed by atoms with Crippen molar-refractivity contribution in [3.63, 3.8) is 0 Å². The topological polar surface area (TPSA) is 61.7 Å². The van der Waals surface area contributed by atoms with Crippen molar-refractivity contribution in [3.05, 3.63) is 35.6 Å². The second kappa shape index (κ2) is 6.24. The largest absolute Gasteiger partial charge is 0.388 e. The summed E-state index contributed by atoms with van der Waals surface area (Å²) in [6, 6.07) is 6.02. The molecule has 6 heteroatoms. The first-order valence-corrected chi connectivity index (χ1v) is 8.46. The van der Waals surface area contributed by atoms with Crippen LogP contribution in [-0.2, 0) is 4.79 Å². The Morgan fingerprint density at radius 1 is 1.30 bits per heavy atom. The fraction of sp³-hybridized carbons (Fsp3) is 0.529. The highest BCUT2D eigenvalue weighted by molar-refractivity contribution is 8.16. The SMILES string of the molecule is CC(C)C1(C(C)(C)O)SC(=N[C@@H](C)c2ccccc2F)NC1=O. The number of rotatable bonds is 4. The molecule has 1 aromatic carbocycles. The van der Waals surface area contributed by atoms with Crippen molar-refractivity contribution in [2.24, 2.45) is 10.9 Å². The number of nitrogens with zero attached hydrogens (tertiary/aromatic N) is 1. The fourth-order valence-electron chi connectivity index (χ4n) is 3.02. The van der Waals surface area contributed by atoms with E-state index in [-0.39, 0.29) is 17.6 Å². The number of aliphatic hydroxyl groups is 1. The Balaban J connectivity index is 2.34. The van der Waals surface area contributed by atoms with Gasteiger partial charge >= 0.3 is 0 Å². The van der Waals surface area contributed by atoms with Gasteiger partial charge in [-0.25, -0.2) is 4.39 Å². The van der Waals surface area contributed by atoms with E-state index in [0.717, 1.165) is 0 Å². The van der Waals surface area contributed by atoms with Crippen LogP contribution < -0.4 is 5.32 Å². The molecular formula is C17H23FN2O2S. The summed E-state index contributed by atoms with van der Waals surface area (Å²) in [5.74, 6) is -0.676. The maximum absolute atomic E-state index is 13.9. The third kappa shape index (κ3) is 3.15. The van der Waals surface area contributed by atoms with E-state index in [2.05, 4.69) is 10.3 Å². The number of amides is 1. The van der Waals surface area contributed by atoms with Crippen molar-refractivity contribution in [3.8, 4) is 0 Å². The highest BCUT2D eigenvalue weighted by Crippen LogP contribution is 2.46. The van der Waals surface area contributed by atoms with Crippen molar-refractivity contribution in [1.29, 1.82) is 0 Å². The van der Waals surface area contributed by atoms with Crippen molar-refractivity contribution < 1.29 is 14.3 Å². The average molecular weight is 338 g/mol. The zero-order valence-corrected chi connectivity index (χ0v) is 14.9. The summed E-state index contributed by atoms with van der Waals surface area (Å²) in [6.45, 7) is 8.82. The summed E-state index contributed by atoms with van der Waals surface area (Å²) in [4.78, 5) is 17.0. The molecule has 126 valence electrons. The second-order valence-corrected chi connectivity index (χ2v) is 7.87. The number of thioether (sulfide) groups is 1. The van der Waals surface area contributed by atoms with Crippen molar-refractivity contribution in [2.45, 2.75) is 51.0 Å². The molecule has 0 saturated carbocycles. The Morgan fingerprint density at radius 3 is 2.39 bits per heavy atom. The number of halogens is 1. The molecule has 1 fully saturated rings. The van der Waals surface area contributed by atoms with Gasteiger partial charge in [-0.15, -0.1) is 0 Å². The molecule has 0 radical (unpaired) electrons. The number of aliphatic imine (C=N–C) groups is 1. The summed E-state index contributed by atoms with van der Waals surface area (Å²) in [7, 11) is 0. The smallest absolute Gasteiger partial charge is 0.245 e. The third-order valence-corrected chi connectivity index (χ3v) is 6.08. The predicted octanol–water partition coefficient (Wildman–Crippen LogP) is 3.27. The average Bonchev–Trinajstić information content (AvgIpc) is 2.76. The first-order valence-electron chi connectivity index (χ1n) is 7.64. The minimum absolute atomic E-state index is 0.0935. The van der Waals surface area contributed by atoms with Gasteiger partial charge in [-0.1, -0.05) is 43.8 Å². The van der Waals surface area contributed by atoms with Gasteiger partial charge < -0.3 is 10.4 Å². The molecule has 1 aromatic rings. The van der Waals surface area contributed by atoms with Crippen LogP contribution in [0, 0.1) is 11.7 Å². The van der Waals surface area contributed by atoms with E-state index in [0.29, 0.717) is 10.7 Å². The highest BCUT2D eigenvalue weighted by Gasteiger charge is 2.58. The van der Waals surface area contributed by atoms with E-state index >= 15 is 0 Å². The maximum atomic E-state index is 13.9. The second-order valence-electron chi connectivity index (χ2n) is 6.64. The summed E-state index contributed by atoms with van der Waals surface area (Å²) in [5, 5.41) is 13.7. The number of hydrogen-bond acceptors (Lipinski definition) is 4. The quantitative estimate of drug-likeness (QED) is 0.886. The van der Waals surface area contributed by atoms with Crippen LogP contribution in [0.15, 0.2) is 29.3 Å². The van der Waals surface area contributed by atoms with Crippen LogP contribution in [0.1, 0.15) is 46.2 Å². The van der Waals surface area contributed by atoms with E-state index in [1.165, 1.54) is 17.8 Å². The molecule has 1 aliphatic heterocycles. The molecule has 1 heterocycles. The molecule has 0 aromatic heterocycles. The Bertz CT molecular complexity index is 640. The molecule has 1 unspecified atom stereocenters. The number of carbonyl (C=O) groups excluding carboxylic acids is 1. The summed E-state index contributed by atoms with van der Waals surface area (Å²) in [5.41, 5.74) is -0.742. The van der Waals surface area contributed by atoms with E-state index in [9.17, 15) is 14.3 Å². The lowest BCUT2D eigenvalue weighted by Gasteiger charge is -2.39. The van der Waals surface area contributed by atoms with Crippen LogP contribution in [-0.4, -0.2) is 26.5 Å². The lowest BCUT2D eigenvalue weighted by molar-refractivity contribution is -0.129. The molecule has 0 aliphatic carbocycles. The van der Waals surface area contributed by atoms with E-state index in [1.807, 2.05) is 13.8 Å². The van der Waals surface area contributed by atoms with Gasteiger partial charge in [0.05, 0.1) is 11.6 Å². The Hall–Kier alpha value is -1.40. The fourth-order valence-corrected chi connectivity index (χ4v) is 4.31. The number of hydrogen-bond donors (Lipinski definition) is 2. The van der Waals surface area contributed by atoms with Crippen LogP contribution in [0.4, 0.5) is 4.39 Å². The molecule has 23 heavy (non-hydrogen) atoms. The molecule has 1 saturated heterocycles. The van der Waals surface area contributed by atoms with Crippen molar-refractivity contribution in [1.82, 2.24) is 5.32 Å². The van der Waals surface area contributed by atoms with Gasteiger partial charge in [-0.2, -0.15) is 0 Å². The molecule has 2 rings (SSSR count). The molecule has 2 atom stereocenters. The van der Waals surface area contributed by atoms with Gasteiger partial charge in [-0.05, 0) is 32.8 Å². The standard InChI is InChI=1S/C17H23FN2O2S/c1-10(2)17(16(4,5)22)14(21)20-15(23-17)19-11(3)12-8-6-7-9-13(12)18/h6-11,22H,1-5H3,(H,19,20,21)/t11-,17?/m0/s1. The van der Waals surface area contributed by atoms with E-state index in [4.69, 9.17) is 0 Å². The van der Waals surface area contributed by atoms with Gasteiger partial charge in [0.15, 0.2) is 5.17 Å². The van der Waals surface area contributed by atoms with E-state index in [1.54, 1.807) is 39.0 Å². The predicted molar refractivity (Wildman–Crippen MR) is 91.9 cm³/mol. The van der Waals surface area contributed by atoms with Crippen LogP contribution in [0.3, 0.4) is 0 Å². The summed E-state index contributed by atoms with van der Waals surface area (Å²) in [6.07, 6.45) is 0. The monoisotopic (exact) mass is 338 g/mol. The molecular weight excluding hydrogens is 315 g/mol. The number of nitrogens with one attached hydrogen (secondary N) is 1. The van der Waals surface area contributed by atoms with Crippen molar-refractivity contribution in [2.75, 3.05) is 0 Å². The molecule has 4 nitrogen and oxygen atoms in total. The summed E-state index contributed by atoms with van der Waals surface area (Å²) >= 11 is 1.23. The summed E-state index contributed by atoms with van der Waals surface area (Å²) < 4.78 is 12.8. The normalized spacial score (nSPS) is 25.0. The van der Waals surface area contributed by atoms with Gasteiger partial charge in [0.25, 0.3) is 0 Å².